The Labute approximate surface area is 266 Å². The number of carbonyl (C=O) groups excluding carboxylic acids is 3. The van der Waals surface area contributed by atoms with E-state index < -0.39 is 29.6 Å². The van der Waals surface area contributed by atoms with Crippen molar-refractivity contribution < 1.29 is 19.1 Å². The van der Waals surface area contributed by atoms with Gasteiger partial charge in [0.25, 0.3) is 0 Å². The molecule has 10 heteroatoms. The molecule has 4 fully saturated rings. The molecule has 1 saturated carbocycles. The van der Waals surface area contributed by atoms with E-state index in [4.69, 9.17) is 16.3 Å². The van der Waals surface area contributed by atoms with Gasteiger partial charge in [-0.05, 0) is 62.3 Å². The van der Waals surface area contributed by atoms with Gasteiger partial charge in [-0.25, -0.2) is 0 Å². The molecule has 236 valence electrons. The fourth-order valence-corrected chi connectivity index (χ4v) is 8.59. The molecule has 4 aliphatic heterocycles. The van der Waals surface area contributed by atoms with Gasteiger partial charge in [-0.1, -0.05) is 69.9 Å². The minimum Gasteiger partial charge on any atom is -0.359 e. The largest absolute Gasteiger partial charge is 0.359 e. The van der Waals surface area contributed by atoms with Crippen LogP contribution in [0.4, 0.5) is 5.69 Å². The molecular formula is C33H46Cl2N4O4. The molecule has 2 N–H and O–H groups in total. The van der Waals surface area contributed by atoms with Crippen LogP contribution < -0.4 is 10.6 Å². The summed E-state index contributed by atoms with van der Waals surface area (Å²) in [5, 5.41) is 6.83. The highest BCUT2D eigenvalue weighted by Crippen LogP contribution is 2.55. The Balaban J connectivity index is 0.00000368. The first kappa shape index (κ1) is 32.3. The highest BCUT2D eigenvalue weighted by molar-refractivity contribution is 6.30. The van der Waals surface area contributed by atoms with Crippen molar-refractivity contribution in [2.45, 2.75) is 95.5 Å². The van der Waals surface area contributed by atoms with E-state index >= 15 is 0 Å². The number of amides is 3. The normalized spacial score (nSPS) is 36.7. The maximum atomic E-state index is 14.4. The van der Waals surface area contributed by atoms with Crippen LogP contribution in [-0.2, 0) is 19.1 Å². The molecule has 2 bridgehead atoms. The number of ether oxygens (including phenoxy) is 1. The van der Waals surface area contributed by atoms with Crippen molar-refractivity contribution >= 4 is 47.4 Å². The first-order valence-electron chi connectivity index (χ1n) is 16.0. The van der Waals surface area contributed by atoms with Crippen molar-refractivity contribution in [2.24, 2.45) is 23.7 Å². The Morgan fingerprint density at radius 1 is 1.09 bits per heavy atom. The predicted octanol–water partition coefficient (Wildman–Crippen LogP) is 5.06. The number of halogens is 2. The molecule has 1 aromatic carbocycles. The average molecular weight is 634 g/mol. The maximum absolute atomic E-state index is 14.4. The van der Waals surface area contributed by atoms with Gasteiger partial charge >= 0.3 is 0 Å². The number of nitrogens with zero attached hydrogens (tertiary/aromatic N) is 2. The van der Waals surface area contributed by atoms with E-state index in [0.717, 1.165) is 38.6 Å². The van der Waals surface area contributed by atoms with Gasteiger partial charge in [0.15, 0.2) is 0 Å². The van der Waals surface area contributed by atoms with E-state index in [1.54, 1.807) is 29.2 Å². The highest BCUT2D eigenvalue weighted by Gasteiger charge is 2.72. The molecule has 0 radical (unpaired) electrons. The van der Waals surface area contributed by atoms with Gasteiger partial charge in [-0.2, -0.15) is 0 Å². The van der Waals surface area contributed by atoms with Gasteiger partial charge in [0.2, 0.25) is 17.7 Å². The van der Waals surface area contributed by atoms with Gasteiger partial charge < -0.3 is 20.3 Å². The average Bonchev–Trinajstić information content (AvgIpc) is 3.61. The number of carbonyl (C=O) groups is 3. The van der Waals surface area contributed by atoms with Gasteiger partial charge in [-0.15, -0.1) is 12.4 Å². The summed E-state index contributed by atoms with van der Waals surface area (Å²) in [6.45, 7) is 8.83. The van der Waals surface area contributed by atoms with E-state index in [-0.39, 0.29) is 36.2 Å². The van der Waals surface area contributed by atoms with Crippen molar-refractivity contribution in [1.82, 2.24) is 15.1 Å². The summed E-state index contributed by atoms with van der Waals surface area (Å²) >= 11 is 6.16. The molecule has 43 heavy (non-hydrogen) atoms. The summed E-state index contributed by atoms with van der Waals surface area (Å²) < 4.78 is 6.55. The topological polar surface area (TPSA) is 91.0 Å². The van der Waals surface area contributed by atoms with Crippen LogP contribution in [0.25, 0.3) is 0 Å². The smallest absolute Gasteiger partial charge is 0.246 e. The van der Waals surface area contributed by atoms with E-state index in [0.29, 0.717) is 41.7 Å². The van der Waals surface area contributed by atoms with Crippen molar-refractivity contribution in [2.75, 3.05) is 25.0 Å². The number of nitrogens with one attached hydrogen (secondary N) is 2. The monoisotopic (exact) mass is 632 g/mol. The van der Waals surface area contributed by atoms with Crippen LogP contribution in [0.1, 0.15) is 65.7 Å². The zero-order valence-corrected chi connectivity index (χ0v) is 27.0. The van der Waals surface area contributed by atoms with Crippen LogP contribution in [-0.4, -0.2) is 77.0 Å². The number of hydrogen-bond donors (Lipinski definition) is 2. The minimum absolute atomic E-state index is 0. The van der Waals surface area contributed by atoms with Gasteiger partial charge in [0.05, 0.1) is 17.9 Å². The van der Waals surface area contributed by atoms with Crippen LogP contribution in [0, 0.1) is 23.7 Å². The third kappa shape index (κ3) is 5.85. The molecule has 3 amide bonds. The molecule has 9 unspecified atom stereocenters. The Bertz CT molecular complexity index is 1250. The summed E-state index contributed by atoms with van der Waals surface area (Å²) in [5.74, 6) is -1.22. The molecule has 1 aromatic rings. The van der Waals surface area contributed by atoms with Crippen molar-refractivity contribution in [3.05, 3.63) is 41.4 Å². The minimum atomic E-state index is -1.16. The van der Waals surface area contributed by atoms with Gasteiger partial charge in [0.1, 0.15) is 11.6 Å². The second-order valence-corrected chi connectivity index (χ2v) is 13.6. The standard InChI is InChI=1S/C33H45ClN4O4.ClH/c1-4-24-12-5-6-16-37(24)17-18-38-29(31(40)36-25-13-7-9-20(2)21(25)3)33-15-14-26(42-33)27(28(33)32(38)41)30(39)35-23-11-8-10-22(34)19-23;/h8,10-11,14-15,19-21,24-29H,4-7,9,12-13,16-18H2,1-3H3,(H,35,39)(H,36,40);1H. The van der Waals surface area contributed by atoms with Crippen LogP contribution in [0.2, 0.25) is 5.02 Å². The highest BCUT2D eigenvalue weighted by atomic mass is 35.5. The lowest BCUT2D eigenvalue weighted by Gasteiger charge is -2.39. The van der Waals surface area contributed by atoms with Crippen LogP contribution in [0.3, 0.4) is 0 Å². The van der Waals surface area contributed by atoms with E-state index in [2.05, 4.69) is 36.3 Å². The third-order valence-electron chi connectivity index (χ3n) is 10.9. The maximum Gasteiger partial charge on any atom is 0.246 e. The molecule has 1 spiro atoms. The van der Waals surface area contributed by atoms with Crippen LogP contribution >= 0.6 is 24.0 Å². The fourth-order valence-electron chi connectivity index (χ4n) is 8.40. The molecule has 0 aromatic heterocycles. The summed E-state index contributed by atoms with van der Waals surface area (Å²) in [5.41, 5.74) is -0.585. The van der Waals surface area contributed by atoms with E-state index in [9.17, 15) is 14.4 Å². The zero-order valence-electron chi connectivity index (χ0n) is 25.5. The van der Waals surface area contributed by atoms with Crippen molar-refractivity contribution in [1.29, 1.82) is 0 Å². The predicted molar refractivity (Wildman–Crippen MR) is 170 cm³/mol. The lowest BCUT2D eigenvalue weighted by atomic mass is 9.73. The molecule has 1 aliphatic carbocycles. The first-order valence-corrected chi connectivity index (χ1v) is 16.4. The first-order chi connectivity index (χ1) is 20.2. The Kier molecular flexibility index (Phi) is 9.81. The van der Waals surface area contributed by atoms with E-state index in [1.165, 1.54) is 12.8 Å². The van der Waals surface area contributed by atoms with Gasteiger partial charge in [-0.3, -0.25) is 19.3 Å². The molecule has 3 saturated heterocycles. The Morgan fingerprint density at radius 3 is 2.67 bits per heavy atom. The summed E-state index contributed by atoms with van der Waals surface area (Å²) in [7, 11) is 0. The lowest BCUT2D eigenvalue weighted by molar-refractivity contribution is -0.142. The second-order valence-electron chi connectivity index (χ2n) is 13.2. The molecule has 6 rings (SSSR count). The van der Waals surface area contributed by atoms with Gasteiger partial charge in [0, 0.05) is 35.9 Å². The number of piperidine rings is 1. The number of anilines is 1. The zero-order chi connectivity index (χ0) is 29.6. The number of likely N-dealkylation sites (tertiary alicyclic amines) is 2. The van der Waals surface area contributed by atoms with Crippen molar-refractivity contribution in [3.63, 3.8) is 0 Å². The summed E-state index contributed by atoms with van der Waals surface area (Å²) in [6, 6.07) is 6.73. The quantitative estimate of drug-likeness (QED) is 0.391. The lowest BCUT2D eigenvalue weighted by Crippen LogP contribution is -2.58. The number of benzene rings is 1. The Hall–Kier alpha value is -2.13. The molecule has 4 heterocycles. The van der Waals surface area contributed by atoms with Crippen molar-refractivity contribution in [3.8, 4) is 0 Å². The molecule has 5 aliphatic rings. The fraction of sp³-hybridized carbons (Fsp3) is 0.667. The molecular weight excluding hydrogens is 587 g/mol. The van der Waals surface area contributed by atoms with Crippen LogP contribution in [0.15, 0.2) is 36.4 Å². The summed E-state index contributed by atoms with van der Waals surface area (Å²) in [6.07, 6.45) is 11.0. The Morgan fingerprint density at radius 2 is 1.91 bits per heavy atom. The number of rotatable bonds is 8. The van der Waals surface area contributed by atoms with E-state index in [1.807, 2.05) is 12.2 Å². The second kappa shape index (κ2) is 13.1. The third-order valence-corrected chi connectivity index (χ3v) is 11.1. The number of fused-ring (bicyclic) bond motifs is 1. The summed E-state index contributed by atoms with van der Waals surface area (Å²) in [4.78, 5) is 46.6. The molecule has 9 atom stereocenters. The SMILES string of the molecule is CCC1CCCCN1CCN1C(=O)C2C(C(=O)Nc3cccc(Cl)c3)C3C=CC2(O3)C1C(=O)NC1CCCC(C)C1C.Cl. The van der Waals surface area contributed by atoms with Crippen LogP contribution in [0.5, 0.6) is 0 Å². The molecule has 8 nitrogen and oxygen atoms in total. The number of hydrogen-bond acceptors (Lipinski definition) is 5.